The molecule has 0 saturated carbocycles. The number of aromatic nitrogens is 1. The van der Waals surface area contributed by atoms with Crippen molar-refractivity contribution in [3.05, 3.63) is 58.9 Å². The molecule has 0 unspecified atom stereocenters. The molecule has 1 aromatic carbocycles. The average Bonchev–Trinajstić information content (AvgIpc) is 2.36. The fourth-order valence-corrected chi connectivity index (χ4v) is 1.62. The number of hydrogen-bond acceptors (Lipinski definition) is 4. The molecule has 0 fully saturated rings. The number of hydrogen-bond donors (Lipinski definition) is 2. The minimum absolute atomic E-state index is 0.297. The average molecular weight is 248 g/mol. The summed E-state index contributed by atoms with van der Waals surface area (Å²) in [6.45, 7) is 0. The van der Waals surface area contributed by atoms with Crippen molar-refractivity contribution in [3.63, 3.8) is 0 Å². The highest BCUT2D eigenvalue weighted by atomic mass is 35.5. The maximum atomic E-state index is 9.10. The molecule has 0 bridgehead atoms. The Labute approximate surface area is 103 Å². The summed E-state index contributed by atoms with van der Waals surface area (Å²) in [6, 6.07) is 12.4. The maximum absolute atomic E-state index is 9.10. The topological polar surface area (TPSA) is 71.5 Å². The van der Waals surface area contributed by atoms with E-state index in [4.69, 9.17) is 22.5 Å². The van der Waals surface area contributed by atoms with Gasteiger partial charge in [0.1, 0.15) is 16.6 Å². The summed E-state index contributed by atoms with van der Waals surface area (Å²) in [5.74, 6) is 0. The fourth-order valence-electron chi connectivity index (χ4n) is 1.47. The van der Waals surface area contributed by atoms with Crippen molar-refractivity contribution in [2.45, 2.75) is 0 Å². The first kappa shape index (κ1) is 11.4. The van der Waals surface area contributed by atoms with Crippen molar-refractivity contribution in [2.75, 3.05) is 5.73 Å². The van der Waals surface area contributed by atoms with Crippen molar-refractivity contribution < 1.29 is 5.21 Å². The Bertz CT molecular complexity index is 555. The van der Waals surface area contributed by atoms with Crippen LogP contribution in [0.25, 0.3) is 0 Å². The smallest absolute Gasteiger partial charge is 0.137 e. The molecular weight excluding hydrogens is 238 g/mol. The molecule has 17 heavy (non-hydrogen) atoms. The zero-order chi connectivity index (χ0) is 12.3. The van der Waals surface area contributed by atoms with Gasteiger partial charge >= 0.3 is 0 Å². The van der Waals surface area contributed by atoms with Crippen LogP contribution in [-0.2, 0) is 0 Å². The Morgan fingerprint density at radius 2 is 1.88 bits per heavy atom. The second-order valence-corrected chi connectivity index (χ2v) is 3.77. The van der Waals surface area contributed by atoms with Gasteiger partial charge in [-0.15, -0.1) is 0 Å². The van der Waals surface area contributed by atoms with Crippen LogP contribution in [0.5, 0.6) is 0 Å². The van der Waals surface area contributed by atoms with E-state index in [2.05, 4.69) is 10.1 Å². The van der Waals surface area contributed by atoms with E-state index in [9.17, 15) is 0 Å². The maximum Gasteiger partial charge on any atom is 0.137 e. The minimum Gasteiger partial charge on any atom is -0.410 e. The Morgan fingerprint density at radius 3 is 2.53 bits per heavy atom. The lowest BCUT2D eigenvalue weighted by molar-refractivity contribution is 0.319. The van der Waals surface area contributed by atoms with Crippen LogP contribution in [0.2, 0.25) is 5.15 Å². The number of halogens is 1. The highest BCUT2D eigenvalue weighted by Crippen LogP contribution is 2.18. The van der Waals surface area contributed by atoms with Gasteiger partial charge in [-0.05, 0) is 12.1 Å². The second kappa shape index (κ2) is 4.84. The molecule has 0 atom stereocenters. The van der Waals surface area contributed by atoms with Crippen LogP contribution in [0.4, 0.5) is 5.69 Å². The number of pyridine rings is 1. The summed E-state index contributed by atoms with van der Waals surface area (Å²) in [5, 5.41) is 12.6. The molecule has 2 rings (SSSR count). The minimum atomic E-state index is 0.297. The number of rotatable bonds is 2. The van der Waals surface area contributed by atoms with Crippen LogP contribution < -0.4 is 5.73 Å². The van der Waals surface area contributed by atoms with E-state index in [0.717, 1.165) is 5.56 Å². The molecule has 1 aromatic heterocycles. The number of benzene rings is 1. The van der Waals surface area contributed by atoms with Gasteiger partial charge < -0.3 is 10.9 Å². The van der Waals surface area contributed by atoms with E-state index < -0.39 is 0 Å². The number of anilines is 1. The third kappa shape index (κ3) is 2.37. The van der Waals surface area contributed by atoms with E-state index in [1.165, 1.54) is 0 Å². The number of oxime groups is 1. The van der Waals surface area contributed by atoms with Crippen molar-refractivity contribution in [2.24, 2.45) is 5.16 Å². The van der Waals surface area contributed by atoms with Gasteiger partial charge in [0.2, 0.25) is 0 Å². The zero-order valence-corrected chi connectivity index (χ0v) is 9.59. The highest BCUT2D eigenvalue weighted by molar-refractivity contribution is 6.30. The summed E-state index contributed by atoms with van der Waals surface area (Å²) >= 11 is 5.80. The first-order valence-electron chi connectivity index (χ1n) is 4.92. The van der Waals surface area contributed by atoms with Gasteiger partial charge in [-0.2, -0.15) is 0 Å². The molecule has 86 valence electrons. The van der Waals surface area contributed by atoms with Crippen LogP contribution in [0.15, 0.2) is 47.6 Å². The molecule has 0 aliphatic heterocycles. The van der Waals surface area contributed by atoms with E-state index in [-0.39, 0.29) is 0 Å². The van der Waals surface area contributed by atoms with Crippen molar-refractivity contribution >= 4 is 23.0 Å². The largest absolute Gasteiger partial charge is 0.410 e. The zero-order valence-electron chi connectivity index (χ0n) is 8.84. The first-order valence-corrected chi connectivity index (χ1v) is 5.30. The first-order chi connectivity index (χ1) is 8.22. The molecule has 0 aliphatic rings. The molecule has 0 spiro atoms. The normalized spacial score (nSPS) is 11.5. The Morgan fingerprint density at radius 1 is 1.18 bits per heavy atom. The fraction of sp³-hybridized carbons (Fsp3) is 0. The third-order valence-corrected chi connectivity index (χ3v) is 2.47. The Balaban J connectivity index is 2.54. The SMILES string of the molecule is Nc1ccc(Cl)nc1/C(=N/O)c1ccccc1. The van der Waals surface area contributed by atoms with Gasteiger partial charge in [-0.3, -0.25) is 0 Å². The highest BCUT2D eigenvalue weighted by Gasteiger charge is 2.13. The predicted molar refractivity (Wildman–Crippen MR) is 67.5 cm³/mol. The molecule has 0 aliphatic carbocycles. The van der Waals surface area contributed by atoms with Crippen LogP contribution in [-0.4, -0.2) is 15.9 Å². The molecule has 4 nitrogen and oxygen atoms in total. The molecule has 0 radical (unpaired) electrons. The van der Waals surface area contributed by atoms with Crippen molar-refractivity contribution in [1.82, 2.24) is 4.98 Å². The van der Waals surface area contributed by atoms with Crippen LogP contribution in [0.1, 0.15) is 11.3 Å². The van der Waals surface area contributed by atoms with Gasteiger partial charge in [0, 0.05) is 5.56 Å². The molecule has 3 N–H and O–H groups in total. The standard InChI is InChI=1S/C12H10ClN3O/c13-10-7-6-9(14)12(15-10)11(16-17)8-4-2-1-3-5-8/h1-7,17H,14H2/b16-11+. The molecular formula is C12H10ClN3O. The summed E-state index contributed by atoms with van der Waals surface area (Å²) in [5.41, 5.74) is 7.58. The van der Waals surface area contributed by atoms with Gasteiger partial charge in [0.25, 0.3) is 0 Å². The van der Waals surface area contributed by atoms with Crippen LogP contribution in [0.3, 0.4) is 0 Å². The molecule has 5 heteroatoms. The van der Waals surface area contributed by atoms with Gasteiger partial charge in [0.15, 0.2) is 0 Å². The Kier molecular flexibility index (Phi) is 3.25. The Hall–Kier alpha value is -2.07. The monoisotopic (exact) mass is 247 g/mol. The van der Waals surface area contributed by atoms with E-state index in [0.29, 0.717) is 22.2 Å². The predicted octanol–water partition coefficient (Wildman–Crippen LogP) is 2.54. The molecule has 2 aromatic rings. The molecule has 0 amide bonds. The number of nitrogens with zero attached hydrogens (tertiary/aromatic N) is 2. The lowest BCUT2D eigenvalue weighted by Gasteiger charge is -2.07. The van der Waals surface area contributed by atoms with Gasteiger partial charge in [0.05, 0.1) is 5.69 Å². The summed E-state index contributed by atoms with van der Waals surface area (Å²) in [4.78, 5) is 4.07. The van der Waals surface area contributed by atoms with Crippen LogP contribution >= 0.6 is 11.6 Å². The summed E-state index contributed by atoms with van der Waals surface area (Å²) < 4.78 is 0. The van der Waals surface area contributed by atoms with Crippen molar-refractivity contribution in [1.29, 1.82) is 0 Å². The van der Waals surface area contributed by atoms with E-state index >= 15 is 0 Å². The molecule has 1 heterocycles. The third-order valence-electron chi connectivity index (χ3n) is 2.26. The lowest BCUT2D eigenvalue weighted by Crippen LogP contribution is -2.09. The van der Waals surface area contributed by atoms with Gasteiger partial charge in [-0.1, -0.05) is 47.1 Å². The van der Waals surface area contributed by atoms with E-state index in [1.807, 2.05) is 18.2 Å². The summed E-state index contributed by atoms with van der Waals surface area (Å²) in [7, 11) is 0. The molecule has 0 saturated heterocycles. The van der Waals surface area contributed by atoms with Crippen molar-refractivity contribution in [3.8, 4) is 0 Å². The lowest BCUT2D eigenvalue weighted by atomic mass is 10.1. The van der Waals surface area contributed by atoms with Gasteiger partial charge in [-0.25, -0.2) is 4.98 Å². The van der Waals surface area contributed by atoms with Crippen LogP contribution in [0, 0.1) is 0 Å². The quantitative estimate of drug-likeness (QED) is 0.371. The van der Waals surface area contributed by atoms with E-state index in [1.54, 1.807) is 24.3 Å². The summed E-state index contributed by atoms with van der Waals surface area (Å²) in [6.07, 6.45) is 0. The number of nitrogen functional groups attached to an aromatic ring is 1. The number of nitrogens with two attached hydrogens (primary N) is 1. The second-order valence-electron chi connectivity index (χ2n) is 3.39.